The van der Waals surface area contributed by atoms with Gasteiger partial charge in [0.2, 0.25) is 5.91 Å². The molecule has 4 heteroatoms. The molecule has 0 unspecified atom stereocenters. The van der Waals surface area contributed by atoms with E-state index in [4.69, 9.17) is 0 Å². The molecule has 82 valence electrons. The van der Waals surface area contributed by atoms with Crippen molar-refractivity contribution < 1.29 is 4.79 Å². The van der Waals surface area contributed by atoms with Gasteiger partial charge in [-0.15, -0.1) is 0 Å². The van der Waals surface area contributed by atoms with Gasteiger partial charge in [-0.2, -0.15) is 0 Å². The Balaban J connectivity index is 2.41. The number of aryl methyl sites for hydroxylation is 1. The maximum atomic E-state index is 11.4. The van der Waals surface area contributed by atoms with Crippen LogP contribution in [-0.2, 0) is 4.79 Å². The Kier molecular flexibility index (Phi) is 4.77. The molecule has 4 nitrogen and oxygen atoms in total. The van der Waals surface area contributed by atoms with Crippen LogP contribution < -0.4 is 10.6 Å². The average molecular weight is 207 g/mol. The van der Waals surface area contributed by atoms with Crippen molar-refractivity contribution in [3.05, 3.63) is 23.9 Å². The Morgan fingerprint density at radius 2 is 2.33 bits per heavy atom. The SMILES string of the molecule is CCNCCC(=O)Nc1ncccc1C. The highest BCUT2D eigenvalue weighted by molar-refractivity contribution is 5.90. The standard InChI is InChI=1S/C11H17N3O/c1-3-12-8-6-10(15)14-11-9(2)5-4-7-13-11/h4-5,7,12H,3,6,8H2,1-2H3,(H,13,14,15). The number of carbonyl (C=O) groups excluding carboxylic acids is 1. The molecule has 1 aromatic rings. The molecule has 0 radical (unpaired) electrons. The fourth-order valence-electron chi connectivity index (χ4n) is 1.19. The molecule has 1 rings (SSSR count). The normalized spacial score (nSPS) is 10.0. The number of aromatic nitrogens is 1. The fraction of sp³-hybridized carbons (Fsp3) is 0.455. The topological polar surface area (TPSA) is 54.0 Å². The smallest absolute Gasteiger partial charge is 0.226 e. The van der Waals surface area contributed by atoms with E-state index in [0.717, 1.165) is 12.1 Å². The number of hydrogen-bond donors (Lipinski definition) is 2. The minimum Gasteiger partial charge on any atom is -0.316 e. The van der Waals surface area contributed by atoms with Crippen LogP contribution in [0.5, 0.6) is 0 Å². The molecular weight excluding hydrogens is 190 g/mol. The third-order valence-electron chi connectivity index (χ3n) is 2.05. The predicted octanol–water partition coefficient (Wildman–Crippen LogP) is 1.33. The fourth-order valence-corrected chi connectivity index (χ4v) is 1.19. The number of anilines is 1. The Morgan fingerprint density at radius 3 is 3.00 bits per heavy atom. The van der Waals surface area contributed by atoms with E-state index in [0.29, 0.717) is 18.8 Å². The van der Waals surface area contributed by atoms with E-state index in [1.165, 1.54) is 0 Å². The van der Waals surface area contributed by atoms with E-state index in [1.807, 2.05) is 26.0 Å². The summed E-state index contributed by atoms with van der Waals surface area (Å²) in [4.78, 5) is 15.5. The van der Waals surface area contributed by atoms with Gasteiger partial charge in [-0.3, -0.25) is 4.79 Å². The van der Waals surface area contributed by atoms with Crippen LogP contribution in [0, 0.1) is 6.92 Å². The van der Waals surface area contributed by atoms with Crippen LogP contribution in [0.3, 0.4) is 0 Å². The molecule has 1 aromatic heterocycles. The summed E-state index contributed by atoms with van der Waals surface area (Å²) in [7, 11) is 0. The van der Waals surface area contributed by atoms with Gasteiger partial charge in [0.25, 0.3) is 0 Å². The summed E-state index contributed by atoms with van der Waals surface area (Å²) in [5, 5.41) is 5.88. The Morgan fingerprint density at radius 1 is 1.53 bits per heavy atom. The molecular formula is C11H17N3O. The highest BCUT2D eigenvalue weighted by Crippen LogP contribution is 2.08. The number of nitrogens with zero attached hydrogens (tertiary/aromatic N) is 1. The predicted molar refractivity (Wildman–Crippen MR) is 60.8 cm³/mol. The van der Waals surface area contributed by atoms with Crippen LogP contribution in [0.15, 0.2) is 18.3 Å². The van der Waals surface area contributed by atoms with Crippen molar-refractivity contribution in [2.75, 3.05) is 18.4 Å². The van der Waals surface area contributed by atoms with Crippen LogP contribution >= 0.6 is 0 Å². The molecule has 0 saturated carbocycles. The van der Waals surface area contributed by atoms with Crippen LogP contribution in [0.2, 0.25) is 0 Å². The van der Waals surface area contributed by atoms with E-state index in [-0.39, 0.29) is 5.91 Å². The van der Waals surface area contributed by atoms with Crippen LogP contribution in [0.25, 0.3) is 0 Å². The van der Waals surface area contributed by atoms with E-state index < -0.39 is 0 Å². The van der Waals surface area contributed by atoms with Gasteiger partial charge in [0, 0.05) is 19.2 Å². The van der Waals surface area contributed by atoms with Crippen LogP contribution in [-0.4, -0.2) is 24.0 Å². The molecule has 0 aliphatic carbocycles. The highest BCUT2D eigenvalue weighted by atomic mass is 16.1. The van der Waals surface area contributed by atoms with Gasteiger partial charge >= 0.3 is 0 Å². The van der Waals surface area contributed by atoms with Crippen molar-refractivity contribution in [3.8, 4) is 0 Å². The summed E-state index contributed by atoms with van der Waals surface area (Å²) < 4.78 is 0. The molecule has 0 saturated heterocycles. The molecule has 1 amide bonds. The number of pyridine rings is 1. The van der Waals surface area contributed by atoms with Crippen molar-refractivity contribution in [2.45, 2.75) is 20.3 Å². The van der Waals surface area contributed by atoms with Gasteiger partial charge in [-0.25, -0.2) is 4.98 Å². The van der Waals surface area contributed by atoms with Gasteiger partial charge in [-0.05, 0) is 25.1 Å². The Hall–Kier alpha value is -1.42. The Bertz CT molecular complexity index is 325. The molecule has 0 fully saturated rings. The summed E-state index contributed by atoms with van der Waals surface area (Å²) in [6.07, 6.45) is 2.15. The lowest BCUT2D eigenvalue weighted by molar-refractivity contribution is -0.116. The number of hydrogen-bond acceptors (Lipinski definition) is 3. The largest absolute Gasteiger partial charge is 0.316 e. The van der Waals surface area contributed by atoms with Gasteiger partial charge in [0.15, 0.2) is 0 Å². The van der Waals surface area contributed by atoms with E-state index in [1.54, 1.807) is 6.20 Å². The van der Waals surface area contributed by atoms with Gasteiger partial charge in [-0.1, -0.05) is 13.0 Å². The van der Waals surface area contributed by atoms with Crippen LogP contribution in [0.4, 0.5) is 5.82 Å². The second kappa shape index (κ2) is 6.14. The van der Waals surface area contributed by atoms with E-state index in [9.17, 15) is 4.79 Å². The molecule has 0 aliphatic heterocycles. The monoisotopic (exact) mass is 207 g/mol. The van der Waals surface area contributed by atoms with Gasteiger partial charge in [0.1, 0.15) is 5.82 Å². The summed E-state index contributed by atoms with van der Waals surface area (Å²) in [6.45, 7) is 5.53. The summed E-state index contributed by atoms with van der Waals surface area (Å²) in [6, 6.07) is 3.77. The number of nitrogens with one attached hydrogen (secondary N) is 2. The number of carbonyl (C=O) groups is 1. The summed E-state index contributed by atoms with van der Waals surface area (Å²) in [5.74, 6) is 0.650. The molecule has 15 heavy (non-hydrogen) atoms. The molecule has 0 bridgehead atoms. The first-order valence-corrected chi connectivity index (χ1v) is 5.16. The second-order valence-electron chi connectivity index (χ2n) is 3.32. The summed E-state index contributed by atoms with van der Waals surface area (Å²) >= 11 is 0. The summed E-state index contributed by atoms with van der Waals surface area (Å²) in [5.41, 5.74) is 0.981. The molecule has 2 N–H and O–H groups in total. The molecule has 0 atom stereocenters. The van der Waals surface area contributed by atoms with Gasteiger partial charge in [0.05, 0.1) is 0 Å². The number of amides is 1. The minimum absolute atomic E-state index is 0.00208. The lowest BCUT2D eigenvalue weighted by Crippen LogP contribution is -2.22. The maximum Gasteiger partial charge on any atom is 0.226 e. The van der Waals surface area contributed by atoms with Crippen molar-refractivity contribution in [1.29, 1.82) is 0 Å². The number of rotatable bonds is 5. The molecule has 0 aromatic carbocycles. The van der Waals surface area contributed by atoms with E-state index in [2.05, 4.69) is 15.6 Å². The molecule has 0 spiro atoms. The lowest BCUT2D eigenvalue weighted by atomic mass is 10.3. The third kappa shape index (κ3) is 4.08. The quantitative estimate of drug-likeness (QED) is 0.716. The first kappa shape index (κ1) is 11.7. The van der Waals surface area contributed by atoms with Crippen molar-refractivity contribution >= 4 is 11.7 Å². The first-order valence-electron chi connectivity index (χ1n) is 5.16. The van der Waals surface area contributed by atoms with Crippen molar-refractivity contribution in [1.82, 2.24) is 10.3 Å². The maximum absolute atomic E-state index is 11.4. The van der Waals surface area contributed by atoms with Crippen LogP contribution in [0.1, 0.15) is 18.9 Å². The first-order chi connectivity index (χ1) is 7.24. The minimum atomic E-state index is -0.00208. The Labute approximate surface area is 90.1 Å². The second-order valence-corrected chi connectivity index (χ2v) is 3.32. The average Bonchev–Trinajstić information content (AvgIpc) is 2.22. The molecule has 1 heterocycles. The highest BCUT2D eigenvalue weighted by Gasteiger charge is 2.04. The third-order valence-corrected chi connectivity index (χ3v) is 2.05. The zero-order valence-corrected chi connectivity index (χ0v) is 9.21. The lowest BCUT2D eigenvalue weighted by Gasteiger charge is -2.06. The zero-order chi connectivity index (χ0) is 11.1. The van der Waals surface area contributed by atoms with Gasteiger partial charge < -0.3 is 10.6 Å². The zero-order valence-electron chi connectivity index (χ0n) is 9.21. The van der Waals surface area contributed by atoms with E-state index >= 15 is 0 Å². The van der Waals surface area contributed by atoms with Crippen molar-refractivity contribution in [2.24, 2.45) is 0 Å². The van der Waals surface area contributed by atoms with Crippen molar-refractivity contribution in [3.63, 3.8) is 0 Å². The molecule has 0 aliphatic rings.